The van der Waals surface area contributed by atoms with E-state index < -0.39 is 0 Å². The summed E-state index contributed by atoms with van der Waals surface area (Å²) in [5, 5.41) is 3.46. The van der Waals surface area contributed by atoms with Crippen molar-refractivity contribution in [2.24, 2.45) is 11.8 Å². The molecule has 1 rings (SSSR count). The second-order valence-corrected chi connectivity index (χ2v) is 5.13. The molecule has 102 valence electrons. The fraction of sp³-hybridized carbons (Fsp3) is 0.667. The summed E-state index contributed by atoms with van der Waals surface area (Å²) < 4.78 is 0. The number of aromatic nitrogens is 2. The maximum Gasteiger partial charge on any atom is 0.239 e. The SMILES string of the molecule is Cc1cnc(NN)nc1NC(CN(C)C)C(C)C. The van der Waals surface area contributed by atoms with E-state index in [0.717, 1.165) is 17.9 Å². The highest BCUT2D eigenvalue weighted by Gasteiger charge is 2.16. The maximum atomic E-state index is 5.33. The summed E-state index contributed by atoms with van der Waals surface area (Å²) in [4.78, 5) is 10.6. The average molecular weight is 252 g/mol. The number of likely N-dealkylation sites (N-methyl/N-ethyl adjacent to an activating group) is 1. The second-order valence-electron chi connectivity index (χ2n) is 5.13. The Morgan fingerprint density at radius 2 is 2.06 bits per heavy atom. The van der Waals surface area contributed by atoms with Gasteiger partial charge in [-0.05, 0) is 26.9 Å². The van der Waals surface area contributed by atoms with Crippen LogP contribution in [0.3, 0.4) is 0 Å². The zero-order valence-corrected chi connectivity index (χ0v) is 11.9. The Labute approximate surface area is 109 Å². The van der Waals surface area contributed by atoms with Gasteiger partial charge in [-0.15, -0.1) is 0 Å². The number of nitrogens with zero attached hydrogens (tertiary/aromatic N) is 3. The molecule has 0 aliphatic rings. The van der Waals surface area contributed by atoms with Crippen LogP contribution in [-0.4, -0.2) is 41.5 Å². The molecular formula is C12H24N6. The van der Waals surface area contributed by atoms with Crippen molar-refractivity contribution >= 4 is 11.8 Å². The molecule has 6 heteroatoms. The van der Waals surface area contributed by atoms with Gasteiger partial charge in [0, 0.05) is 24.3 Å². The summed E-state index contributed by atoms with van der Waals surface area (Å²) in [5.74, 6) is 7.10. The summed E-state index contributed by atoms with van der Waals surface area (Å²) in [6.45, 7) is 7.32. The first-order valence-corrected chi connectivity index (χ1v) is 6.15. The number of nitrogens with one attached hydrogen (secondary N) is 2. The van der Waals surface area contributed by atoms with Gasteiger partial charge < -0.3 is 10.2 Å². The predicted molar refractivity (Wildman–Crippen MR) is 75.4 cm³/mol. The Bertz CT molecular complexity index is 377. The first-order valence-electron chi connectivity index (χ1n) is 6.15. The van der Waals surface area contributed by atoms with E-state index in [1.54, 1.807) is 6.20 Å². The number of hydrazine groups is 1. The van der Waals surface area contributed by atoms with E-state index in [9.17, 15) is 0 Å². The molecule has 0 fully saturated rings. The summed E-state index contributed by atoms with van der Waals surface area (Å²) >= 11 is 0. The largest absolute Gasteiger partial charge is 0.365 e. The highest BCUT2D eigenvalue weighted by molar-refractivity contribution is 5.46. The van der Waals surface area contributed by atoms with Gasteiger partial charge in [0.15, 0.2) is 0 Å². The maximum absolute atomic E-state index is 5.33. The molecule has 1 aromatic rings. The molecule has 1 unspecified atom stereocenters. The minimum atomic E-state index is 0.333. The van der Waals surface area contributed by atoms with E-state index in [4.69, 9.17) is 5.84 Å². The Morgan fingerprint density at radius 3 is 2.56 bits per heavy atom. The van der Waals surface area contributed by atoms with Gasteiger partial charge in [0.05, 0.1) is 0 Å². The normalized spacial score (nSPS) is 12.9. The predicted octanol–water partition coefficient (Wildman–Crippen LogP) is 1.07. The quantitative estimate of drug-likeness (QED) is 0.519. The molecule has 18 heavy (non-hydrogen) atoms. The third-order valence-corrected chi connectivity index (χ3v) is 2.79. The third kappa shape index (κ3) is 4.12. The van der Waals surface area contributed by atoms with Crippen molar-refractivity contribution in [3.05, 3.63) is 11.8 Å². The van der Waals surface area contributed by atoms with Crippen molar-refractivity contribution in [2.75, 3.05) is 31.4 Å². The van der Waals surface area contributed by atoms with Crippen LogP contribution in [0.4, 0.5) is 11.8 Å². The lowest BCUT2D eigenvalue weighted by molar-refractivity contribution is 0.344. The number of nitrogen functional groups attached to an aromatic ring is 1. The van der Waals surface area contributed by atoms with Crippen LogP contribution in [0.5, 0.6) is 0 Å². The van der Waals surface area contributed by atoms with Crippen LogP contribution in [-0.2, 0) is 0 Å². The van der Waals surface area contributed by atoms with Gasteiger partial charge in [-0.1, -0.05) is 13.8 Å². The molecule has 0 aliphatic carbocycles. The molecular weight excluding hydrogens is 228 g/mol. The van der Waals surface area contributed by atoms with Gasteiger partial charge in [-0.3, -0.25) is 5.43 Å². The van der Waals surface area contributed by atoms with E-state index in [2.05, 4.69) is 53.6 Å². The van der Waals surface area contributed by atoms with Crippen molar-refractivity contribution in [3.8, 4) is 0 Å². The lowest BCUT2D eigenvalue weighted by Crippen LogP contribution is -2.37. The number of rotatable bonds is 6. The standard InChI is InChI=1S/C12H24N6/c1-8(2)10(7-18(4)5)15-11-9(3)6-14-12(16-11)17-13/h6,8,10H,7,13H2,1-5H3,(H2,14,15,16,17). The van der Waals surface area contributed by atoms with Crippen molar-refractivity contribution in [3.63, 3.8) is 0 Å². The molecule has 0 saturated carbocycles. The molecule has 0 amide bonds. The van der Waals surface area contributed by atoms with E-state index >= 15 is 0 Å². The Morgan fingerprint density at radius 1 is 1.39 bits per heavy atom. The molecule has 1 heterocycles. The van der Waals surface area contributed by atoms with Crippen LogP contribution >= 0.6 is 0 Å². The topological polar surface area (TPSA) is 79.1 Å². The van der Waals surface area contributed by atoms with Gasteiger partial charge in [-0.2, -0.15) is 4.98 Å². The number of aryl methyl sites for hydroxylation is 1. The molecule has 0 spiro atoms. The van der Waals surface area contributed by atoms with Crippen LogP contribution in [0.15, 0.2) is 6.20 Å². The van der Waals surface area contributed by atoms with Gasteiger partial charge in [-0.25, -0.2) is 10.8 Å². The first kappa shape index (κ1) is 14.7. The fourth-order valence-corrected chi connectivity index (χ4v) is 1.65. The third-order valence-electron chi connectivity index (χ3n) is 2.79. The fourth-order valence-electron chi connectivity index (χ4n) is 1.65. The molecule has 0 radical (unpaired) electrons. The van der Waals surface area contributed by atoms with Gasteiger partial charge >= 0.3 is 0 Å². The van der Waals surface area contributed by atoms with Crippen LogP contribution in [0, 0.1) is 12.8 Å². The molecule has 1 aromatic heterocycles. The highest BCUT2D eigenvalue weighted by atomic mass is 15.3. The van der Waals surface area contributed by atoms with E-state index in [-0.39, 0.29) is 0 Å². The van der Waals surface area contributed by atoms with E-state index in [0.29, 0.717) is 17.9 Å². The lowest BCUT2D eigenvalue weighted by atomic mass is 10.0. The zero-order valence-electron chi connectivity index (χ0n) is 11.9. The average Bonchev–Trinajstić information content (AvgIpc) is 2.30. The van der Waals surface area contributed by atoms with Crippen LogP contribution < -0.4 is 16.6 Å². The Hall–Kier alpha value is -1.40. The van der Waals surface area contributed by atoms with Crippen molar-refractivity contribution in [1.82, 2.24) is 14.9 Å². The van der Waals surface area contributed by atoms with Gasteiger partial charge in [0.2, 0.25) is 5.95 Å². The van der Waals surface area contributed by atoms with Gasteiger partial charge in [0.25, 0.3) is 0 Å². The lowest BCUT2D eigenvalue weighted by Gasteiger charge is -2.26. The van der Waals surface area contributed by atoms with Crippen molar-refractivity contribution in [1.29, 1.82) is 0 Å². The number of nitrogens with two attached hydrogens (primary N) is 1. The van der Waals surface area contributed by atoms with Gasteiger partial charge in [0.1, 0.15) is 5.82 Å². The summed E-state index contributed by atoms with van der Waals surface area (Å²) in [5.41, 5.74) is 3.48. The smallest absolute Gasteiger partial charge is 0.239 e. The van der Waals surface area contributed by atoms with Crippen molar-refractivity contribution in [2.45, 2.75) is 26.8 Å². The molecule has 0 saturated heterocycles. The molecule has 0 aromatic carbocycles. The van der Waals surface area contributed by atoms with Crippen molar-refractivity contribution < 1.29 is 0 Å². The molecule has 6 nitrogen and oxygen atoms in total. The second kappa shape index (κ2) is 6.51. The first-order chi connectivity index (χ1) is 8.43. The Balaban J connectivity index is 2.85. The number of hydrogen-bond acceptors (Lipinski definition) is 6. The molecule has 0 bridgehead atoms. The van der Waals surface area contributed by atoms with Crippen LogP contribution in [0.1, 0.15) is 19.4 Å². The zero-order chi connectivity index (χ0) is 13.7. The summed E-state index contributed by atoms with van der Waals surface area (Å²) in [6.07, 6.45) is 1.76. The van der Waals surface area contributed by atoms with E-state index in [1.165, 1.54) is 0 Å². The van der Waals surface area contributed by atoms with Crippen LogP contribution in [0.25, 0.3) is 0 Å². The minimum Gasteiger partial charge on any atom is -0.365 e. The molecule has 4 N–H and O–H groups in total. The van der Waals surface area contributed by atoms with Crippen LogP contribution in [0.2, 0.25) is 0 Å². The number of hydrogen-bond donors (Lipinski definition) is 3. The molecule has 0 aliphatic heterocycles. The van der Waals surface area contributed by atoms with E-state index in [1.807, 2.05) is 6.92 Å². The minimum absolute atomic E-state index is 0.333. The number of anilines is 2. The highest BCUT2D eigenvalue weighted by Crippen LogP contribution is 2.16. The summed E-state index contributed by atoms with van der Waals surface area (Å²) in [6, 6.07) is 0.333. The Kier molecular flexibility index (Phi) is 5.30. The summed E-state index contributed by atoms with van der Waals surface area (Å²) in [7, 11) is 4.13. The monoisotopic (exact) mass is 252 g/mol. The molecule has 1 atom stereocenters.